The molecule has 0 saturated heterocycles. The minimum atomic E-state index is -3.45. The van der Waals surface area contributed by atoms with E-state index in [0.29, 0.717) is 17.9 Å². The second-order valence-electron chi connectivity index (χ2n) is 5.37. The van der Waals surface area contributed by atoms with E-state index in [4.69, 9.17) is 4.74 Å². The molecule has 0 bridgehead atoms. The molecule has 0 heterocycles. The van der Waals surface area contributed by atoms with Crippen LogP contribution in [0.3, 0.4) is 0 Å². The molecule has 0 unspecified atom stereocenters. The summed E-state index contributed by atoms with van der Waals surface area (Å²) in [4.78, 5) is 12.1. The summed E-state index contributed by atoms with van der Waals surface area (Å²) in [7, 11) is -0.486. The van der Waals surface area contributed by atoms with Gasteiger partial charge in [-0.05, 0) is 48.5 Å². The number of nitrogens with one attached hydrogen (secondary N) is 1. The van der Waals surface area contributed by atoms with E-state index < -0.39 is 10.0 Å². The average Bonchev–Trinajstić information content (AvgIpc) is 2.59. The van der Waals surface area contributed by atoms with E-state index in [9.17, 15) is 13.2 Å². The van der Waals surface area contributed by atoms with E-state index in [1.165, 1.54) is 26.2 Å². The molecule has 1 N–H and O–H groups in total. The van der Waals surface area contributed by atoms with E-state index in [0.717, 1.165) is 8.78 Å². The Morgan fingerprint density at radius 2 is 1.68 bits per heavy atom. The number of carbonyl (C=O) groups is 1. The first-order valence-corrected chi connectivity index (χ1v) is 9.73. The maximum Gasteiger partial charge on any atom is 0.251 e. The van der Waals surface area contributed by atoms with Crippen molar-refractivity contribution in [1.29, 1.82) is 0 Å². The van der Waals surface area contributed by atoms with Gasteiger partial charge in [-0.25, -0.2) is 12.7 Å². The monoisotopic (exact) mass is 426 g/mol. The average molecular weight is 427 g/mol. The molecule has 0 aliphatic rings. The zero-order valence-corrected chi connectivity index (χ0v) is 16.3. The van der Waals surface area contributed by atoms with Gasteiger partial charge in [0.25, 0.3) is 5.91 Å². The van der Waals surface area contributed by atoms with Crippen molar-refractivity contribution in [2.45, 2.75) is 4.90 Å². The second kappa shape index (κ2) is 8.46. The number of amides is 1. The van der Waals surface area contributed by atoms with Crippen LogP contribution >= 0.6 is 15.9 Å². The molecule has 1 amide bonds. The van der Waals surface area contributed by atoms with Crippen molar-refractivity contribution < 1.29 is 17.9 Å². The Labute approximate surface area is 156 Å². The lowest BCUT2D eigenvalue weighted by Crippen LogP contribution is -2.28. The van der Waals surface area contributed by atoms with Crippen molar-refractivity contribution in [3.63, 3.8) is 0 Å². The largest absolute Gasteiger partial charge is 0.492 e. The fourth-order valence-electron chi connectivity index (χ4n) is 1.96. The molecule has 0 aliphatic heterocycles. The van der Waals surface area contributed by atoms with Gasteiger partial charge in [-0.3, -0.25) is 4.79 Å². The van der Waals surface area contributed by atoms with Crippen molar-refractivity contribution in [2.24, 2.45) is 0 Å². The van der Waals surface area contributed by atoms with Gasteiger partial charge >= 0.3 is 0 Å². The number of rotatable bonds is 7. The number of nitrogens with zero attached hydrogens (tertiary/aromatic N) is 1. The third kappa shape index (κ3) is 5.29. The summed E-state index contributed by atoms with van der Waals surface area (Å²) < 4.78 is 31.5. The van der Waals surface area contributed by atoms with E-state index in [-0.39, 0.29) is 17.4 Å². The van der Waals surface area contributed by atoms with Gasteiger partial charge in [-0.1, -0.05) is 15.9 Å². The van der Waals surface area contributed by atoms with Gasteiger partial charge in [-0.15, -0.1) is 0 Å². The van der Waals surface area contributed by atoms with Crippen LogP contribution in [0.1, 0.15) is 10.4 Å². The summed E-state index contributed by atoms with van der Waals surface area (Å²) in [6.45, 7) is 0.620. The Kier molecular flexibility index (Phi) is 6.57. The number of benzene rings is 2. The van der Waals surface area contributed by atoms with Gasteiger partial charge in [0, 0.05) is 24.1 Å². The van der Waals surface area contributed by atoms with Crippen molar-refractivity contribution in [3.05, 3.63) is 58.6 Å². The second-order valence-corrected chi connectivity index (χ2v) is 8.44. The Morgan fingerprint density at radius 3 is 2.24 bits per heavy atom. The van der Waals surface area contributed by atoms with Gasteiger partial charge in [0.05, 0.1) is 11.4 Å². The SMILES string of the molecule is CN(C)S(=O)(=O)c1ccc(OCCNC(=O)c2ccc(Br)cc2)cc1. The predicted molar refractivity (Wildman–Crippen MR) is 99.3 cm³/mol. The fraction of sp³-hybridized carbons (Fsp3) is 0.235. The van der Waals surface area contributed by atoms with Crippen molar-refractivity contribution in [3.8, 4) is 5.75 Å². The van der Waals surface area contributed by atoms with Crippen LogP contribution in [0.2, 0.25) is 0 Å². The van der Waals surface area contributed by atoms with Crippen LogP contribution < -0.4 is 10.1 Å². The summed E-state index contributed by atoms with van der Waals surface area (Å²) in [6.07, 6.45) is 0. The maximum atomic E-state index is 12.0. The molecule has 2 aromatic rings. The molecule has 0 radical (unpaired) electrons. The molecule has 134 valence electrons. The first kappa shape index (κ1) is 19.4. The molecule has 0 aromatic heterocycles. The Hall–Kier alpha value is -1.90. The van der Waals surface area contributed by atoms with Gasteiger partial charge < -0.3 is 10.1 Å². The molecular weight excluding hydrogens is 408 g/mol. The maximum absolute atomic E-state index is 12.0. The normalized spacial score (nSPS) is 11.4. The molecule has 25 heavy (non-hydrogen) atoms. The molecule has 0 fully saturated rings. The van der Waals surface area contributed by atoms with Crippen LogP contribution in [0.4, 0.5) is 0 Å². The van der Waals surface area contributed by atoms with E-state index in [2.05, 4.69) is 21.2 Å². The molecule has 2 rings (SSSR count). The van der Waals surface area contributed by atoms with Crippen LogP contribution in [0, 0.1) is 0 Å². The minimum absolute atomic E-state index is 0.177. The molecule has 8 heteroatoms. The first-order valence-electron chi connectivity index (χ1n) is 7.50. The number of hydrogen-bond donors (Lipinski definition) is 1. The zero-order chi connectivity index (χ0) is 18.4. The first-order chi connectivity index (χ1) is 11.8. The summed E-state index contributed by atoms with van der Waals surface area (Å²) >= 11 is 3.32. The lowest BCUT2D eigenvalue weighted by molar-refractivity contribution is 0.0947. The molecule has 2 aromatic carbocycles. The quantitative estimate of drug-likeness (QED) is 0.690. The summed E-state index contributed by atoms with van der Waals surface area (Å²) in [6, 6.07) is 13.2. The molecule has 0 aliphatic carbocycles. The molecular formula is C17H19BrN2O4S. The molecule has 0 atom stereocenters. The van der Waals surface area contributed by atoms with Crippen LogP contribution in [0.15, 0.2) is 57.9 Å². The zero-order valence-electron chi connectivity index (χ0n) is 13.9. The van der Waals surface area contributed by atoms with Crippen molar-refractivity contribution in [1.82, 2.24) is 9.62 Å². The molecule has 0 spiro atoms. The van der Waals surface area contributed by atoms with E-state index >= 15 is 0 Å². The Morgan fingerprint density at radius 1 is 1.08 bits per heavy atom. The smallest absolute Gasteiger partial charge is 0.251 e. The highest BCUT2D eigenvalue weighted by atomic mass is 79.9. The third-order valence-corrected chi connectivity index (χ3v) is 5.72. The van der Waals surface area contributed by atoms with Gasteiger partial charge in [0.2, 0.25) is 10.0 Å². The molecule has 0 saturated carbocycles. The highest BCUT2D eigenvalue weighted by Gasteiger charge is 2.16. The lowest BCUT2D eigenvalue weighted by Gasteiger charge is -2.12. The number of sulfonamides is 1. The van der Waals surface area contributed by atoms with Crippen LogP contribution in [0.25, 0.3) is 0 Å². The number of halogens is 1. The number of ether oxygens (including phenoxy) is 1. The predicted octanol–water partition coefficient (Wildman–Crippen LogP) is 2.51. The Balaban J connectivity index is 1.82. The van der Waals surface area contributed by atoms with Crippen LogP contribution in [-0.4, -0.2) is 45.9 Å². The van der Waals surface area contributed by atoms with Crippen molar-refractivity contribution in [2.75, 3.05) is 27.2 Å². The van der Waals surface area contributed by atoms with Crippen molar-refractivity contribution >= 4 is 31.9 Å². The summed E-state index contributed by atoms with van der Waals surface area (Å²) in [5.74, 6) is 0.360. The van der Waals surface area contributed by atoms with E-state index in [1.807, 2.05) is 0 Å². The lowest BCUT2D eigenvalue weighted by atomic mass is 10.2. The topological polar surface area (TPSA) is 75.7 Å². The highest BCUT2D eigenvalue weighted by molar-refractivity contribution is 9.10. The van der Waals surface area contributed by atoms with Gasteiger partial charge in [0.15, 0.2) is 0 Å². The van der Waals surface area contributed by atoms with Crippen LogP contribution in [0.5, 0.6) is 5.75 Å². The van der Waals surface area contributed by atoms with Gasteiger partial charge in [-0.2, -0.15) is 0 Å². The highest BCUT2D eigenvalue weighted by Crippen LogP contribution is 2.18. The van der Waals surface area contributed by atoms with Gasteiger partial charge in [0.1, 0.15) is 12.4 Å². The number of hydrogen-bond acceptors (Lipinski definition) is 4. The standard InChI is InChI=1S/C17H19BrN2O4S/c1-20(2)25(22,23)16-9-7-15(8-10-16)24-12-11-19-17(21)13-3-5-14(18)6-4-13/h3-10H,11-12H2,1-2H3,(H,19,21). The Bertz CT molecular complexity index is 819. The molecule has 6 nitrogen and oxygen atoms in total. The fourth-order valence-corrected chi connectivity index (χ4v) is 3.12. The summed E-state index contributed by atoms with van der Waals surface area (Å²) in [5.41, 5.74) is 0.571. The third-order valence-electron chi connectivity index (χ3n) is 3.37. The van der Waals surface area contributed by atoms with E-state index in [1.54, 1.807) is 36.4 Å². The number of carbonyl (C=O) groups excluding carboxylic acids is 1. The summed E-state index contributed by atoms with van der Waals surface area (Å²) in [5, 5.41) is 2.76. The van der Waals surface area contributed by atoms with Crippen LogP contribution in [-0.2, 0) is 10.0 Å². The minimum Gasteiger partial charge on any atom is -0.492 e.